The minimum atomic E-state index is -0.131. The highest BCUT2D eigenvalue weighted by Crippen LogP contribution is 2.33. The fourth-order valence-corrected chi connectivity index (χ4v) is 3.83. The number of rotatable bonds is 7. The largest absolute Gasteiger partial charge is 0.354 e. The third-order valence-corrected chi connectivity index (χ3v) is 5.48. The Morgan fingerprint density at radius 1 is 1.12 bits per heavy atom. The van der Waals surface area contributed by atoms with Crippen molar-refractivity contribution in [3.05, 3.63) is 71.8 Å². The Bertz CT molecular complexity index is 689. The van der Waals surface area contributed by atoms with Gasteiger partial charge < -0.3 is 11.1 Å². The summed E-state index contributed by atoms with van der Waals surface area (Å²) in [5.74, 6) is 0.906. The highest BCUT2D eigenvalue weighted by molar-refractivity contribution is 5.81. The highest BCUT2D eigenvalue weighted by Gasteiger charge is 2.36. The van der Waals surface area contributed by atoms with Gasteiger partial charge in [0.15, 0.2) is 0 Å². The third kappa shape index (κ3) is 4.51. The minimum Gasteiger partial charge on any atom is -0.354 e. The van der Waals surface area contributed by atoms with E-state index in [0.29, 0.717) is 24.9 Å². The first-order valence-electron chi connectivity index (χ1n) is 9.49. The van der Waals surface area contributed by atoms with Gasteiger partial charge in [-0.2, -0.15) is 0 Å². The number of carbonyl (C=O) groups is 1. The van der Waals surface area contributed by atoms with Gasteiger partial charge in [-0.1, -0.05) is 60.7 Å². The number of nitrogens with zero attached hydrogens (tertiary/aromatic N) is 1. The molecule has 1 saturated heterocycles. The molecular formula is C22H29N3O. The standard InChI is InChI=1S/C22H29N3O/c1-17(22(26)24-13-12-18-8-4-2-5-9-18)25-15-20(14-23)21(16-25)19-10-6-3-7-11-19/h2-11,17,20-21H,12-16,23H2,1H3,(H,24,26)/t17?,20-,21+/m1/s1. The van der Waals surface area contributed by atoms with Gasteiger partial charge in [0.05, 0.1) is 6.04 Å². The molecule has 2 aromatic rings. The van der Waals surface area contributed by atoms with E-state index in [1.165, 1.54) is 11.1 Å². The van der Waals surface area contributed by atoms with Crippen LogP contribution in [-0.2, 0) is 11.2 Å². The molecular weight excluding hydrogens is 322 g/mol. The maximum atomic E-state index is 12.6. The van der Waals surface area contributed by atoms with Gasteiger partial charge in [0.1, 0.15) is 0 Å². The molecule has 3 atom stereocenters. The maximum absolute atomic E-state index is 12.6. The number of hydrogen-bond acceptors (Lipinski definition) is 3. The Morgan fingerprint density at radius 2 is 1.77 bits per heavy atom. The van der Waals surface area contributed by atoms with Crippen LogP contribution in [0.3, 0.4) is 0 Å². The van der Waals surface area contributed by atoms with Crippen LogP contribution in [-0.4, -0.2) is 43.0 Å². The molecule has 1 amide bonds. The molecule has 3 N–H and O–H groups in total. The van der Waals surface area contributed by atoms with Gasteiger partial charge >= 0.3 is 0 Å². The molecule has 138 valence electrons. The second-order valence-corrected chi connectivity index (χ2v) is 7.17. The summed E-state index contributed by atoms with van der Waals surface area (Å²) in [6.07, 6.45) is 0.858. The lowest BCUT2D eigenvalue weighted by Gasteiger charge is -2.23. The predicted molar refractivity (Wildman–Crippen MR) is 106 cm³/mol. The minimum absolute atomic E-state index is 0.102. The van der Waals surface area contributed by atoms with Crippen LogP contribution < -0.4 is 11.1 Å². The number of amides is 1. The summed E-state index contributed by atoms with van der Waals surface area (Å²) >= 11 is 0. The highest BCUT2D eigenvalue weighted by atomic mass is 16.2. The Morgan fingerprint density at radius 3 is 2.42 bits per heavy atom. The Kier molecular flexibility index (Phi) is 6.42. The summed E-state index contributed by atoms with van der Waals surface area (Å²) in [4.78, 5) is 14.8. The van der Waals surface area contributed by atoms with E-state index in [9.17, 15) is 4.79 Å². The zero-order valence-electron chi connectivity index (χ0n) is 15.5. The molecule has 3 rings (SSSR count). The number of benzene rings is 2. The lowest BCUT2D eigenvalue weighted by molar-refractivity contribution is -0.125. The van der Waals surface area contributed by atoms with E-state index < -0.39 is 0 Å². The van der Waals surface area contributed by atoms with Crippen molar-refractivity contribution >= 4 is 5.91 Å². The average molecular weight is 351 g/mol. The van der Waals surface area contributed by atoms with Gasteiger partial charge in [-0.25, -0.2) is 0 Å². The lowest BCUT2D eigenvalue weighted by atomic mass is 9.89. The quantitative estimate of drug-likeness (QED) is 0.805. The molecule has 1 fully saturated rings. The summed E-state index contributed by atoms with van der Waals surface area (Å²) in [6, 6.07) is 20.6. The summed E-state index contributed by atoms with van der Waals surface area (Å²) < 4.78 is 0. The van der Waals surface area contributed by atoms with Crippen LogP contribution in [0.15, 0.2) is 60.7 Å². The first kappa shape index (κ1) is 18.6. The predicted octanol–water partition coefficient (Wildman–Crippen LogP) is 2.41. The Balaban J connectivity index is 1.54. The maximum Gasteiger partial charge on any atom is 0.237 e. The van der Waals surface area contributed by atoms with Gasteiger partial charge in [0, 0.05) is 25.6 Å². The van der Waals surface area contributed by atoms with Crippen molar-refractivity contribution in [2.75, 3.05) is 26.2 Å². The van der Waals surface area contributed by atoms with Gasteiger partial charge in [-0.3, -0.25) is 9.69 Å². The second kappa shape index (κ2) is 8.97. The molecule has 0 spiro atoms. The first-order chi connectivity index (χ1) is 12.7. The second-order valence-electron chi connectivity index (χ2n) is 7.17. The van der Waals surface area contributed by atoms with Gasteiger partial charge in [-0.15, -0.1) is 0 Å². The van der Waals surface area contributed by atoms with E-state index in [0.717, 1.165) is 19.5 Å². The zero-order chi connectivity index (χ0) is 18.4. The van der Waals surface area contributed by atoms with E-state index >= 15 is 0 Å². The molecule has 0 aliphatic carbocycles. The van der Waals surface area contributed by atoms with Crippen molar-refractivity contribution in [1.82, 2.24) is 10.2 Å². The molecule has 1 aliphatic rings. The van der Waals surface area contributed by atoms with Crippen molar-refractivity contribution in [3.63, 3.8) is 0 Å². The van der Waals surface area contributed by atoms with Crippen molar-refractivity contribution in [3.8, 4) is 0 Å². The number of nitrogens with two attached hydrogens (primary N) is 1. The van der Waals surface area contributed by atoms with Crippen molar-refractivity contribution < 1.29 is 4.79 Å². The summed E-state index contributed by atoms with van der Waals surface area (Å²) in [5, 5.41) is 3.08. The molecule has 4 heteroatoms. The molecule has 26 heavy (non-hydrogen) atoms. The van der Waals surface area contributed by atoms with E-state index in [1.54, 1.807) is 0 Å². The number of hydrogen-bond donors (Lipinski definition) is 2. The molecule has 1 aliphatic heterocycles. The Hall–Kier alpha value is -2.17. The van der Waals surface area contributed by atoms with Crippen LogP contribution in [0.5, 0.6) is 0 Å². The van der Waals surface area contributed by atoms with Crippen LogP contribution in [0, 0.1) is 5.92 Å². The smallest absolute Gasteiger partial charge is 0.237 e. The molecule has 1 heterocycles. The Labute approximate surface area is 156 Å². The van der Waals surface area contributed by atoms with Gasteiger partial charge in [0.25, 0.3) is 0 Å². The number of likely N-dealkylation sites (tertiary alicyclic amines) is 1. The van der Waals surface area contributed by atoms with Crippen molar-refractivity contribution in [2.45, 2.75) is 25.3 Å². The van der Waals surface area contributed by atoms with Crippen molar-refractivity contribution in [1.29, 1.82) is 0 Å². The number of carbonyl (C=O) groups excluding carboxylic acids is 1. The normalized spacial score (nSPS) is 21.5. The molecule has 0 radical (unpaired) electrons. The summed E-state index contributed by atoms with van der Waals surface area (Å²) in [7, 11) is 0. The molecule has 0 aromatic heterocycles. The van der Waals surface area contributed by atoms with Crippen LogP contribution in [0.1, 0.15) is 24.0 Å². The molecule has 1 unspecified atom stereocenters. The topological polar surface area (TPSA) is 58.4 Å². The van der Waals surface area contributed by atoms with E-state index in [2.05, 4.69) is 46.6 Å². The number of nitrogens with one attached hydrogen (secondary N) is 1. The first-order valence-corrected chi connectivity index (χ1v) is 9.49. The third-order valence-electron chi connectivity index (χ3n) is 5.48. The monoisotopic (exact) mass is 351 g/mol. The van der Waals surface area contributed by atoms with Crippen LogP contribution >= 0.6 is 0 Å². The van der Waals surface area contributed by atoms with E-state index in [-0.39, 0.29) is 11.9 Å². The van der Waals surface area contributed by atoms with Crippen LogP contribution in [0.25, 0.3) is 0 Å². The van der Waals surface area contributed by atoms with Gasteiger partial charge in [0.2, 0.25) is 5.91 Å². The SMILES string of the molecule is CC(C(=O)NCCc1ccccc1)N1C[C@@H](CN)[C@H](c2ccccc2)C1. The molecule has 0 bridgehead atoms. The molecule has 2 aromatic carbocycles. The van der Waals surface area contributed by atoms with Gasteiger partial charge in [-0.05, 0) is 36.9 Å². The lowest BCUT2D eigenvalue weighted by Crippen LogP contribution is -2.45. The van der Waals surface area contributed by atoms with E-state index in [4.69, 9.17) is 5.73 Å². The fourth-order valence-electron chi connectivity index (χ4n) is 3.83. The van der Waals surface area contributed by atoms with Crippen molar-refractivity contribution in [2.24, 2.45) is 11.7 Å². The van der Waals surface area contributed by atoms with Crippen LogP contribution in [0.2, 0.25) is 0 Å². The fraction of sp³-hybridized carbons (Fsp3) is 0.409. The summed E-state index contributed by atoms with van der Waals surface area (Å²) in [6.45, 7) is 5.09. The van der Waals surface area contributed by atoms with E-state index in [1.807, 2.05) is 31.2 Å². The average Bonchev–Trinajstić information content (AvgIpc) is 3.13. The van der Waals surface area contributed by atoms with Crippen LogP contribution in [0.4, 0.5) is 0 Å². The molecule has 4 nitrogen and oxygen atoms in total. The summed E-state index contributed by atoms with van der Waals surface area (Å²) in [5.41, 5.74) is 8.58. The molecule has 0 saturated carbocycles. The zero-order valence-corrected chi connectivity index (χ0v) is 15.5.